The van der Waals surface area contributed by atoms with E-state index in [1.807, 2.05) is 12.1 Å². The molecule has 100 valence electrons. The molecule has 1 aliphatic heterocycles. The van der Waals surface area contributed by atoms with Crippen molar-refractivity contribution in [3.8, 4) is 0 Å². The number of anilines is 1. The number of rotatable bonds is 2. The number of piperidine rings is 1. The first-order valence-corrected chi connectivity index (χ1v) is 6.48. The van der Waals surface area contributed by atoms with Gasteiger partial charge in [-0.15, -0.1) is 0 Å². The van der Waals surface area contributed by atoms with Gasteiger partial charge in [-0.3, -0.25) is 0 Å². The van der Waals surface area contributed by atoms with E-state index in [0.29, 0.717) is 0 Å². The molecule has 0 saturated carbocycles. The van der Waals surface area contributed by atoms with E-state index in [2.05, 4.69) is 23.7 Å². The second kappa shape index (κ2) is 4.86. The van der Waals surface area contributed by atoms with Crippen molar-refractivity contribution in [3.05, 3.63) is 23.9 Å². The largest absolute Gasteiger partial charge is 0.392 e. The van der Waals surface area contributed by atoms with Gasteiger partial charge in [-0.2, -0.15) is 0 Å². The van der Waals surface area contributed by atoms with Gasteiger partial charge in [0.2, 0.25) is 0 Å². The van der Waals surface area contributed by atoms with Crippen molar-refractivity contribution in [3.63, 3.8) is 0 Å². The van der Waals surface area contributed by atoms with E-state index < -0.39 is 6.10 Å². The maximum atomic E-state index is 9.98. The van der Waals surface area contributed by atoms with Crippen LogP contribution in [-0.4, -0.2) is 34.4 Å². The van der Waals surface area contributed by atoms with Gasteiger partial charge in [0.05, 0.1) is 12.2 Å². The average molecular weight is 250 g/mol. The summed E-state index contributed by atoms with van der Waals surface area (Å²) in [6.07, 6.45) is 1.69. The fraction of sp³-hybridized carbons (Fsp3) is 0.643. The van der Waals surface area contributed by atoms with Crippen LogP contribution in [0.2, 0.25) is 0 Å². The zero-order valence-corrected chi connectivity index (χ0v) is 11.3. The minimum atomic E-state index is -0.524. The van der Waals surface area contributed by atoms with Gasteiger partial charge in [0.25, 0.3) is 0 Å². The average Bonchev–Trinajstić information content (AvgIpc) is 2.32. The Balaban J connectivity index is 2.27. The summed E-state index contributed by atoms with van der Waals surface area (Å²) in [5.41, 5.74) is 0.704. The number of aromatic nitrogens is 1. The highest BCUT2D eigenvalue weighted by atomic mass is 16.3. The molecular weight excluding hydrogens is 228 g/mol. The Hall–Kier alpha value is -1.13. The molecule has 2 atom stereocenters. The van der Waals surface area contributed by atoms with Crippen molar-refractivity contribution in [2.45, 2.75) is 39.4 Å². The Morgan fingerprint density at radius 3 is 2.83 bits per heavy atom. The fourth-order valence-corrected chi connectivity index (χ4v) is 2.53. The molecule has 1 aromatic rings. The molecule has 0 aliphatic carbocycles. The van der Waals surface area contributed by atoms with Gasteiger partial charge < -0.3 is 15.1 Å². The van der Waals surface area contributed by atoms with E-state index >= 15 is 0 Å². The first-order chi connectivity index (χ1) is 8.42. The van der Waals surface area contributed by atoms with Crippen LogP contribution < -0.4 is 4.90 Å². The van der Waals surface area contributed by atoms with E-state index in [0.717, 1.165) is 30.9 Å². The minimum absolute atomic E-state index is 0.147. The van der Waals surface area contributed by atoms with Crippen molar-refractivity contribution < 1.29 is 10.2 Å². The molecule has 4 nitrogen and oxygen atoms in total. The first kappa shape index (κ1) is 13.3. The Morgan fingerprint density at radius 2 is 2.22 bits per heavy atom. The molecule has 0 spiro atoms. The van der Waals surface area contributed by atoms with Crippen LogP contribution in [0, 0.1) is 5.41 Å². The molecule has 0 amide bonds. The summed E-state index contributed by atoms with van der Waals surface area (Å²) < 4.78 is 0. The maximum Gasteiger partial charge on any atom is 0.134 e. The third-order valence-corrected chi connectivity index (χ3v) is 3.74. The molecule has 1 saturated heterocycles. The monoisotopic (exact) mass is 250 g/mol. The second-order valence-electron chi connectivity index (χ2n) is 5.81. The van der Waals surface area contributed by atoms with E-state index in [1.165, 1.54) is 0 Å². The van der Waals surface area contributed by atoms with Crippen LogP contribution in [0.1, 0.15) is 38.9 Å². The van der Waals surface area contributed by atoms with Crippen LogP contribution >= 0.6 is 0 Å². The van der Waals surface area contributed by atoms with Gasteiger partial charge in [0.15, 0.2) is 0 Å². The lowest BCUT2D eigenvalue weighted by atomic mass is 9.81. The summed E-state index contributed by atoms with van der Waals surface area (Å²) in [6.45, 7) is 7.42. The molecule has 18 heavy (non-hydrogen) atoms. The second-order valence-corrected chi connectivity index (χ2v) is 5.81. The number of nitrogens with zero attached hydrogens (tertiary/aromatic N) is 2. The third kappa shape index (κ3) is 2.49. The van der Waals surface area contributed by atoms with E-state index in [-0.39, 0.29) is 11.5 Å². The lowest BCUT2D eigenvalue weighted by Gasteiger charge is -2.43. The highest BCUT2D eigenvalue weighted by molar-refractivity contribution is 5.48. The molecule has 0 aromatic carbocycles. The van der Waals surface area contributed by atoms with Gasteiger partial charge in [0, 0.05) is 30.3 Å². The number of aliphatic hydroxyl groups is 2. The Bertz CT molecular complexity index is 418. The van der Waals surface area contributed by atoms with Crippen molar-refractivity contribution >= 4 is 5.82 Å². The van der Waals surface area contributed by atoms with Gasteiger partial charge in [-0.1, -0.05) is 19.9 Å². The Labute approximate surface area is 108 Å². The number of pyridine rings is 1. The van der Waals surface area contributed by atoms with Gasteiger partial charge in [-0.25, -0.2) is 4.98 Å². The summed E-state index contributed by atoms with van der Waals surface area (Å²) >= 11 is 0. The molecule has 2 N–H and O–H groups in total. The molecule has 1 aliphatic rings. The fourth-order valence-electron chi connectivity index (χ4n) is 2.53. The van der Waals surface area contributed by atoms with Crippen LogP contribution in [0.3, 0.4) is 0 Å². The number of hydrogen-bond acceptors (Lipinski definition) is 4. The van der Waals surface area contributed by atoms with Crippen molar-refractivity contribution in [1.82, 2.24) is 4.98 Å². The Kier molecular flexibility index (Phi) is 3.59. The van der Waals surface area contributed by atoms with E-state index in [9.17, 15) is 10.2 Å². The van der Waals surface area contributed by atoms with Gasteiger partial charge in [-0.05, 0) is 19.4 Å². The smallest absolute Gasteiger partial charge is 0.134 e. The predicted molar refractivity (Wildman–Crippen MR) is 71.5 cm³/mol. The van der Waals surface area contributed by atoms with Gasteiger partial charge >= 0.3 is 0 Å². The van der Waals surface area contributed by atoms with Crippen molar-refractivity contribution in [1.29, 1.82) is 0 Å². The predicted octanol–water partition coefficient (Wildman–Crippen LogP) is 1.73. The molecule has 0 radical (unpaired) electrons. The molecule has 4 heteroatoms. The number of aliphatic hydroxyl groups excluding tert-OH is 2. The first-order valence-electron chi connectivity index (χ1n) is 6.48. The van der Waals surface area contributed by atoms with Crippen LogP contribution in [0.4, 0.5) is 5.82 Å². The molecular formula is C14H22N2O2. The standard InChI is InChI=1S/C14H22N2O2/c1-10(17)11-5-4-7-15-13(11)16-8-6-12(18)14(2,3)9-16/h4-5,7,10,12,17-18H,6,8-9H2,1-3H3/t10-,12?/m0/s1. The van der Waals surface area contributed by atoms with Crippen LogP contribution in [-0.2, 0) is 0 Å². The van der Waals surface area contributed by atoms with Crippen LogP contribution in [0.25, 0.3) is 0 Å². The lowest BCUT2D eigenvalue weighted by Crippen LogP contribution is -2.49. The summed E-state index contributed by atoms with van der Waals surface area (Å²) in [5, 5.41) is 19.8. The van der Waals surface area contributed by atoms with E-state index in [4.69, 9.17) is 0 Å². The van der Waals surface area contributed by atoms with Crippen molar-refractivity contribution in [2.75, 3.05) is 18.0 Å². The van der Waals surface area contributed by atoms with Crippen LogP contribution in [0.5, 0.6) is 0 Å². The maximum absolute atomic E-state index is 9.98. The molecule has 2 rings (SSSR count). The van der Waals surface area contributed by atoms with Crippen molar-refractivity contribution in [2.24, 2.45) is 5.41 Å². The highest BCUT2D eigenvalue weighted by Gasteiger charge is 2.35. The lowest BCUT2D eigenvalue weighted by molar-refractivity contribution is 0.0332. The van der Waals surface area contributed by atoms with E-state index in [1.54, 1.807) is 13.1 Å². The molecule has 1 aromatic heterocycles. The molecule has 2 heterocycles. The highest BCUT2D eigenvalue weighted by Crippen LogP contribution is 2.33. The summed E-state index contributed by atoms with van der Waals surface area (Å²) in [7, 11) is 0. The number of hydrogen-bond donors (Lipinski definition) is 2. The summed E-state index contributed by atoms with van der Waals surface area (Å²) in [6, 6.07) is 3.75. The topological polar surface area (TPSA) is 56.6 Å². The quantitative estimate of drug-likeness (QED) is 0.839. The molecule has 0 bridgehead atoms. The minimum Gasteiger partial charge on any atom is -0.392 e. The Morgan fingerprint density at radius 1 is 1.50 bits per heavy atom. The molecule has 1 fully saturated rings. The zero-order valence-electron chi connectivity index (χ0n) is 11.3. The normalized spacial score (nSPS) is 24.9. The molecule has 1 unspecified atom stereocenters. The van der Waals surface area contributed by atoms with Crippen LogP contribution in [0.15, 0.2) is 18.3 Å². The zero-order chi connectivity index (χ0) is 13.3. The summed E-state index contributed by atoms with van der Waals surface area (Å²) in [5.74, 6) is 0.840. The third-order valence-electron chi connectivity index (χ3n) is 3.74. The van der Waals surface area contributed by atoms with Gasteiger partial charge in [0.1, 0.15) is 5.82 Å². The SMILES string of the molecule is C[C@H](O)c1cccnc1N1CCC(O)C(C)(C)C1. The summed E-state index contributed by atoms with van der Waals surface area (Å²) in [4.78, 5) is 6.56.